The van der Waals surface area contributed by atoms with Crippen LogP contribution in [0.2, 0.25) is 0 Å². The number of carbonyl (C=O) groups excluding carboxylic acids is 1. The highest BCUT2D eigenvalue weighted by Crippen LogP contribution is 2.61. The Morgan fingerprint density at radius 2 is 2.11 bits per heavy atom. The third-order valence-corrected chi connectivity index (χ3v) is 7.77. The van der Waals surface area contributed by atoms with Crippen molar-refractivity contribution in [1.29, 1.82) is 0 Å². The third kappa shape index (κ3) is 3.68. The molecule has 4 nitrogen and oxygen atoms in total. The van der Waals surface area contributed by atoms with Gasteiger partial charge in [-0.25, -0.2) is 0 Å². The van der Waals surface area contributed by atoms with Gasteiger partial charge in [0.2, 0.25) is 5.91 Å². The largest absolute Gasteiger partial charge is 0.468 e. The normalized spacial score (nSPS) is 33.0. The van der Waals surface area contributed by atoms with E-state index in [2.05, 4.69) is 50.8 Å². The first-order valence-electron chi connectivity index (χ1n) is 10.8. The number of rotatable bonds is 6. The standard InChI is InChI=1S/C24H38N2O2/c1-17-8-11-21-23(2,13-7-14-24(21,3)22(27)25-4)19(17)10-9-18-12-15-28-20(18)16-26(5)6/h12,15,19,21H,1,7-11,13-14,16H2,2-6H3,(H,25,27). The van der Waals surface area contributed by atoms with Crippen molar-refractivity contribution in [1.82, 2.24) is 10.2 Å². The SMILES string of the molecule is C=C1CCC2C(C)(C(=O)NC)CCCC2(C)C1CCc1ccoc1CN(C)C. The van der Waals surface area contributed by atoms with Gasteiger partial charge in [-0.15, -0.1) is 0 Å². The molecule has 1 aromatic rings. The maximum atomic E-state index is 12.8. The van der Waals surface area contributed by atoms with E-state index >= 15 is 0 Å². The van der Waals surface area contributed by atoms with Crippen LogP contribution in [0.1, 0.15) is 63.7 Å². The second-order valence-corrected chi connectivity index (χ2v) is 9.80. The Hall–Kier alpha value is -1.55. The molecule has 1 amide bonds. The molecule has 1 N–H and O–H groups in total. The number of furan rings is 1. The number of aryl methyl sites for hydroxylation is 1. The summed E-state index contributed by atoms with van der Waals surface area (Å²) in [6.45, 7) is 9.95. The fourth-order valence-corrected chi connectivity index (χ4v) is 6.36. The lowest BCUT2D eigenvalue weighted by Gasteiger charge is -2.58. The predicted molar refractivity (Wildman–Crippen MR) is 114 cm³/mol. The molecule has 4 heteroatoms. The molecule has 2 aliphatic rings. The molecule has 0 aliphatic heterocycles. The van der Waals surface area contributed by atoms with Crippen LogP contribution < -0.4 is 5.32 Å². The Bertz CT molecular complexity index is 722. The van der Waals surface area contributed by atoms with Crippen LogP contribution in [0.4, 0.5) is 0 Å². The van der Waals surface area contributed by atoms with Gasteiger partial charge in [0, 0.05) is 12.5 Å². The molecular formula is C24H38N2O2. The van der Waals surface area contributed by atoms with Gasteiger partial charge in [-0.3, -0.25) is 4.79 Å². The van der Waals surface area contributed by atoms with Crippen molar-refractivity contribution in [3.8, 4) is 0 Å². The van der Waals surface area contributed by atoms with Crippen molar-refractivity contribution in [2.45, 2.75) is 65.3 Å². The summed E-state index contributed by atoms with van der Waals surface area (Å²) in [7, 11) is 5.93. The van der Waals surface area contributed by atoms with Crippen LogP contribution in [0, 0.1) is 22.7 Å². The number of allylic oxidation sites excluding steroid dienone is 1. The minimum absolute atomic E-state index is 0.153. The van der Waals surface area contributed by atoms with Gasteiger partial charge in [-0.05, 0) is 81.5 Å². The highest BCUT2D eigenvalue weighted by Gasteiger charge is 2.56. The van der Waals surface area contributed by atoms with E-state index in [0.717, 1.165) is 50.8 Å². The van der Waals surface area contributed by atoms with E-state index in [1.165, 1.54) is 17.6 Å². The molecule has 0 aromatic carbocycles. The van der Waals surface area contributed by atoms with Crippen LogP contribution in [-0.2, 0) is 17.8 Å². The molecule has 0 spiro atoms. The summed E-state index contributed by atoms with van der Waals surface area (Å²) in [6.07, 6.45) is 9.39. The van der Waals surface area contributed by atoms with Gasteiger partial charge >= 0.3 is 0 Å². The van der Waals surface area contributed by atoms with E-state index in [9.17, 15) is 4.79 Å². The Morgan fingerprint density at radius 1 is 1.36 bits per heavy atom. The summed E-state index contributed by atoms with van der Waals surface area (Å²) in [6, 6.07) is 2.12. The summed E-state index contributed by atoms with van der Waals surface area (Å²) in [4.78, 5) is 15.0. The van der Waals surface area contributed by atoms with Gasteiger partial charge in [0.15, 0.2) is 0 Å². The van der Waals surface area contributed by atoms with Crippen LogP contribution in [0.3, 0.4) is 0 Å². The smallest absolute Gasteiger partial charge is 0.225 e. The lowest BCUT2D eigenvalue weighted by Crippen LogP contribution is -2.55. The molecule has 156 valence electrons. The van der Waals surface area contributed by atoms with Crippen molar-refractivity contribution in [2.24, 2.45) is 22.7 Å². The zero-order valence-electron chi connectivity index (χ0n) is 18.4. The van der Waals surface area contributed by atoms with Gasteiger partial charge in [-0.1, -0.05) is 32.4 Å². The molecule has 3 rings (SSSR count). The average Bonchev–Trinajstić information content (AvgIpc) is 3.06. The second-order valence-electron chi connectivity index (χ2n) is 9.80. The average molecular weight is 387 g/mol. The van der Waals surface area contributed by atoms with Gasteiger partial charge in [-0.2, -0.15) is 0 Å². The van der Waals surface area contributed by atoms with Gasteiger partial charge in [0.25, 0.3) is 0 Å². The molecule has 1 heterocycles. The van der Waals surface area contributed by atoms with E-state index in [1.54, 1.807) is 7.05 Å². The number of fused-ring (bicyclic) bond motifs is 1. The molecule has 4 atom stereocenters. The zero-order chi connectivity index (χ0) is 20.5. The highest BCUT2D eigenvalue weighted by atomic mass is 16.3. The number of amides is 1. The zero-order valence-corrected chi connectivity index (χ0v) is 18.4. The lowest BCUT2D eigenvalue weighted by molar-refractivity contribution is -0.145. The molecular weight excluding hydrogens is 348 g/mol. The predicted octanol–water partition coefficient (Wildman–Crippen LogP) is 4.80. The van der Waals surface area contributed by atoms with E-state index in [-0.39, 0.29) is 16.7 Å². The number of hydrogen-bond donors (Lipinski definition) is 1. The van der Waals surface area contributed by atoms with Crippen LogP contribution >= 0.6 is 0 Å². The lowest BCUT2D eigenvalue weighted by atomic mass is 9.46. The fraction of sp³-hybridized carbons (Fsp3) is 0.708. The minimum Gasteiger partial charge on any atom is -0.468 e. The summed E-state index contributed by atoms with van der Waals surface area (Å²) < 4.78 is 5.74. The van der Waals surface area contributed by atoms with Crippen LogP contribution in [0.25, 0.3) is 0 Å². The van der Waals surface area contributed by atoms with Crippen molar-refractivity contribution in [3.63, 3.8) is 0 Å². The summed E-state index contributed by atoms with van der Waals surface area (Å²) >= 11 is 0. The van der Waals surface area contributed by atoms with E-state index < -0.39 is 0 Å². The molecule has 0 radical (unpaired) electrons. The first kappa shape index (κ1) is 21.2. The first-order chi connectivity index (χ1) is 13.2. The van der Waals surface area contributed by atoms with E-state index in [0.29, 0.717) is 11.8 Å². The molecule has 28 heavy (non-hydrogen) atoms. The summed E-state index contributed by atoms with van der Waals surface area (Å²) in [5, 5.41) is 2.95. The summed E-state index contributed by atoms with van der Waals surface area (Å²) in [5.74, 6) is 2.19. The minimum atomic E-state index is -0.258. The third-order valence-electron chi connectivity index (χ3n) is 7.77. The first-order valence-corrected chi connectivity index (χ1v) is 10.8. The molecule has 2 saturated carbocycles. The number of hydrogen-bond acceptors (Lipinski definition) is 3. The monoisotopic (exact) mass is 386 g/mol. The number of nitrogens with zero attached hydrogens (tertiary/aromatic N) is 1. The Balaban J connectivity index is 1.82. The molecule has 2 fully saturated rings. The van der Waals surface area contributed by atoms with Crippen LogP contribution in [-0.4, -0.2) is 32.0 Å². The van der Waals surface area contributed by atoms with Crippen LogP contribution in [0.15, 0.2) is 28.9 Å². The molecule has 4 unspecified atom stereocenters. The molecule has 0 bridgehead atoms. The van der Waals surface area contributed by atoms with E-state index in [4.69, 9.17) is 4.42 Å². The summed E-state index contributed by atoms with van der Waals surface area (Å²) in [5.41, 5.74) is 2.60. The molecule has 2 aliphatic carbocycles. The van der Waals surface area contributed by atoms with Crippen molar-refractivity contribution in [3.05, 3.63) is 35.8 Å². The maximum absolute atomic E-state index is 12.8. The van der Waals surface area contributed by atoms with E-state index in [1.807, 2.05) is 6.26 Å². The number of nitrogens with one attached hydrogen (secondary N) is 1. The highest BCUT2D eigenvalue weighted by molar-refractivity contribution is 5.82. The van der Waals surface area contributed by atoms with Crippen molar-refractivity contribution in [2.75, 3.05) is 21.1 Å². The topological polar surface area (TPSA) is 45.5 Å². The Morgan fingerprint density at radius 3 is 2.79 bits per heavy atom. The Labute approximate surface area is 170 Å². The van der Waals surface area contributed by atoms with Gasteiger partial charge < -0.3 is 14.6 Å². The van der Waals surface area contributed by atoms with Gasteiger partial charge in [0.1, 0.15) is 5.76 Å². The van der Waals surface area contributed by atoms with Gasteiger partial charge in [0.05, 0.1) is 12.8 Å². The fourth-order valence-electron chi connectivity index (χ4n) is 6.36. The number of carbonyl (C=O) groups is 1. The molecule has 0 saturated heterocycles. The maximum Gasteiger partial charge on any atom is 0.225 e. The quantitative estimate of drug-likeness (QED) is 0.715. The Kier molecular flexibility index (Phi) is 6.09. The molecule has 1 aromatic heterocycles. The van der Waals surface area contributed by atoms with Crippen molar-refractivity contribution < 1.29 is 9.21 Å². The second kappa shape index (κ2) is 8.06. The van der Waals surface area contributed by atoms with Crippen molar-refractivity contribution >= 4 is 5.91 Å². The van der Waals surface area contributed by atoms with Crippen LogP contribution in [0.5, 0.6) is 0 Å².